The van der Waals surface area contributed by atoms with E-state index in [2.05, 4.69) is 118 Å². The molecule has 6 nitrogen and oxygen atoms in total. The summed E-state index contributed by atoms with van der Waals surface area (Å²) in [5.41, 5.74) is 0. The van der Waals surface area contributed by atoms with E-state index in [1.54, 1.807) is 0 Å². The fraction of sp³-hybridized carbons (Fsp3) is 0.721. The second-order valence-electron chi connectivity index (χ2n) is 20.5. The Morgan fingerprint density at radius 2 is 0.527 bits per heavy atom. The molecule has 0 saturated heterocycles. The van der Waals surface area contributed by atoms with Crippen LogP contribution in [0, 0.1) is 0 Å². The first-order chi connectivity index (χ1) is 36.5. The Bertz CT molecular complexity index is 1460. The fourth-order valence-corrected chi connectivity index (χ4v) is 8.68. The van der Waals surface area contributed by atoms with E-state index in [1.165, 1.54) is 141 Å². The van der Waals surface area contributed by atoms with Crippen molar-refractivity contribution in [2.24, 2.45) is 0 Å². The van der Waals surface area contributed by atoms with Gasteiger partial charge in [-0.05, 0) is 116 Å². The van der Waals surface area contributed by atoms with Crippen molar-refractivity contribution in [2.45, 2.75) is 303 Å². The van der Waals surface area contributed by atoms with Crippen LogP contribution in [-0.4, -0.2) is 37.2 Å². The van der Waals surface area contributed by atoms with E-state index < -0.39 is 6.10 Å². The van der Waals surface area contributed by atoms with E-state index in [1.807, 2.05) is 0 Å². The number of carbonyl (C=O) groups excluding carboxylic acids is 3. The maximum atomic E-state index is 12.9. The molecular weight excluding hydrogens is 913 g/mol. The molecule has 0 aromatic rings. The molecule has 0 aliphatic heterocycles. The fourth-order valence-electron chi connectivity index (χ4n) is 8.68. The first kappa shape index (κ1) is 70.3. The predicted molar refractivity (Wildman–Crippen MR) is 320 cm³/mol. The molecule has 0 N–H and O–H groups in total. The molecule has 0 radical (unpaired) electrons. The van der Waals surface area contributed by atoms with Gasteiger partial charge in [-0.2, -0.15) is 0 Å². The van der Waals surface area contributed by atoms with E-state index in [4.69, 9.17) is 14.2 Å². The Labute approximate surface area is 457 Å². The smallest absolute Gasteiger partial charge is 0.306 e. The summed E-state index contributed by atoms with van der Waals surface area (Å²) in [6.45, 7) is 6.42. The van der Waals surface area contributed by atoms with Crippen molar-refractivity contribution >= 4 is 17.9 Å². The van der Waals surface area contributed by atoms with Crippen molar-refractivity contribution in [1.29, 1.82) is 0 Å². The van der Waals surface area contributed by atoms with Gasteiger partial charge >= 0.3 is 17.9 Å². The second-order valence-corrected chi connectivity index (χ2v) is 20.5. The van der Waals surface area contributed by atoms with Gasteiger partial charge < -0.3 is 14.2 Å². The van der Waals surface area contributed by atoms with Crippen LogP contribution in [0.5, 0.6) is 0 Å². The second kappa shape index (κ2) is 61.9. The summed E-state index contributed by atoms with van der Waals surface area (Å²) >= 11 is 0. The average molecular weight is 1030 g/mol. The number of carbonyl (C=O) groups is 3. The predicted octanol–water partition coefficient (Wildman–Crippen LogP) is 21.3. The van der Waals surface area contributed by atoms with Crippen LogP contribution in [0.15, 0.2) is 97.2 Å². The molecule has 0 fully saturated rings. The molecule has 0 bridgehead atoms. The zero-order valence-electron chi connectivity index (χ0n) is 48.6. The Balaban J connectivity index is 4.41. The first-order valence-corrected chi connectivity index (χ1v) is 31.2. The summed E-state index contributed by atoms with van der Waals surface area (Å²) in [5, 5.41) is 0. The molecule has 0 saturated carbocycles. The molecule has 1 atom stereocenters. The molecule has 0 aliphatic rings. The van der Waals surface area contributed by atoms with E-state index in [0.29, 0.717) is 19.3 Å². The lowest BCUT2D eigenvalue weighted by Gasteiger charge is -2.18. The van der Waals surface area contributed by atoms with Crippen LogP contribution in [0.4, 0.5) is 0 Å². The number of hydrogen-bond donors (Lipinski definition) is 0. The number of esters is 3. The topological polar surface area (TPSA) is 78.9 Å². The van der Waals surface area contributed by atoms with E-state index in [0.717, 1.165) is 116 Å². The Hall–Kier alpha value is -3.67. The SMILES string of the molecule is CC/C=C\C/C=C\C/C=C\C/C=C\CCCCCCCCCCC(=O)OCC(COC(=O)CCCCCCCCC/C=C\C/C=C\C/C=C\CC)OC(=O)CCCCCCCCC/C=C\CCCCCCCCC. The van der Waals surface area contributed by atoms with Crippen LogP contribution in [0.3, 0.4) is 0 Å². The highest BCUT2D eigenvalue weighted by molar-refractivity contribution is 5.71. The van der Waals surface area contributed by atoms with Crippen LogP contribution >= 0.6 is 0 Å². The maximum absolute atomic E-state index is 12.9. The monoisotopic (exact) mass is 1030 g/mol. The van der Waals surface area contributed by atoms with Crippen LogP contribution in [0.2, 0.25) is 0 Å². The molecule has 0 amide bonds. The summed E-state index contributed by atoms with van der Waals surface area (Å²) in [6.07, 6.45) is 82.6. The number of allylic oxidation sites excluding steroid dienone is 16. The van der Waals surface area contributed by atoms with Gasteiger partial charge in [0.1, 0.15) is 13.2 Å². The third kappa shape index (κ3) is 59.2. The third-order valence-corrected chi connectivity index (χ3v) is 13.3. The van der Waals surface area contributed by atoms with Crippen LogP contribution in [0.1, 0.15) is 297 Å². The maximum Gasteiger partial charge on any atom is 0.306 e. The molecule has 0 aliphatic carbocycles. The van der Waals surface area contributed by atoms with Crippen molar-refractivity contribution in [1.82, 2.24) is 0 Å². The van der Waals surface area contributed by atoms with Crippen LogP contribution in [0.25, 0.3) is 0 Å². The summed E-state index contributed by atoms with van der Waals surface area (Å²) in [7, 11) is 0. The summed E-state index contributed by atoms with van der Waals surface area (Å²) in [4.78, 5) is 38.3. The minimum Gasteiger partial charge on any atom is -0.462 e. The van der Waals surface area contributed by atoms with Gasteiger partial charge in [-0.3, -0.25) is 14.4 Å². The molecule has 0 spiro atoms. The highest BCUT2D eigenvalue weighted by Crippen LogP contribution is 2.16. The standard InChI is InChI=1S/C68H116O6/c1-4-7-10-13-16-19-22-25-28-31-33-34-35-38-40-43-46-49-52-55-58-61-67(70)73-64-65(63-72-66(69)60-57-54-51-48-45-42-39-36-30-27-24-21-18-15-12-9-6-3)74-68(71)62-59-56-53-50-47-44-41-37-32-29-26-23-20-17-14-11-8-5-2/h7,9-10,12,16,18-19,21,25,27-30,32-34,65H,4-6,8,11,13-15,17,20,22-24,26,31,35-64H2,1-3H3/b10-7-,12-9-,19-16-,21-18-,28-25-,30-27-,32-29-,34-33-. The quantitative estimate of drug-likeness (QED) is 0.0261. The lowest BCUT2D eigenvalue weighted by Crippen LogP contribution is -2.30. The third-order valence-electron chi connectivity index (χ3n) is 13.3. The lowest BCUT2D eigenvalue weighted by molar-refractivity contribution is -0.167. The number of rotatable bonds is 56. The van der Waals surface area contributed by atoms with Crippen LogP contribution in [-0.2, 0) is 28.6 Å². The van der Waals surface area contributed by atoms with E-state index in [9.17, 15) is 14.4 Å². The van der Waals surface area contributed by atoms with Crippen molar-refractivity contribution < 1.29 is 28.6 Å². The Morgan fingerprint density at radius 3 is 0.838 bits per heavy atom. The van der Waals surface area contributed by atoms with Gasteiger partial charge in [-0.1, -0.05) is 259 Å². The average Bonchev–Trinajstić information content (AvgIpc) is 3.40. The first-order valence-electron chi connectivity index (χ1n) is 31.2. The zero-order valence-corrected chi connectivity index (χ0v) is 48.6. The lowest BCUT2D eigenvalue weighted by atomic mass is 10.1. The van der Waals surface area contributed by atoms with Gasteiger partial charge in [-0.25, -0.2) is 0 Å². The van der Waals surface area contributed by atoms with Gasteiger partial charge in [0.05, 0.1) is 0 Å². The summed E-state index contributed by atoms with van der Waals surface area (Å²) < 4.78 is 16.9. The molecule has 424 valence electrons. The normalized spacial score (nSPS) is 12.7. The summed E-state index contributed by atoms with van der Waals surface area (Å²) in [6, 6.07) is 0. The number of ether oxygens (including phenoxy) is 3. The van der Waals surface area contributed by atoms with Crippen LogP contribution < -0.4 is 0 Å². The molecule has 0 heterocycles. The zero-order chi connectivity index (χ0) is 53.6. The minimum absolute atomic E-state index is 0.0864. The van der Waals surface area contributed by atoms with Gasteiger partial charge in [0, 0.05) is 19.3 Å². The van der Waals surface area contributed by atoms with Gasteiger partial charge in [-0.15, -0.1) is 0 Å². The number of hydrogen-bond acceptors (Lipinski definition) is 6. The van der Waals surface area contributed by atoms with Crippen molar-refractivity contribution in [2.75, 3.05) is 13.2 Å². The van der Waals surface area contributed by atoms with Gasteiger partial charge in [0.25, 0.3) is 0 Å². The molecule has 74 heavy (non-hydrogen) atoms. The number of unbranched alkanes of at least 4 members (excludes halogenated alkanes) is 29. The van der Waals surface area contributed by atoms with E-state index >= 15 is 0 Å². The van der Waals surface area contributed by atoms with Gasteiger partial charge in [0.15, 0.2) is 6.10 Å². The van der Waals surface area contributed by atoms with Crippen molar-refractivity contribution in [3.63, 3.8) is 0 Å². The molecule has 0 rings (SSSR count). The molecule has 0 aromatic heterocycles. The highest BCUT2D eigenvalue weighted by atomic mass is 16.6. The molecule has 1 unspecified atom stereocenters. The Kier molecular flexibility index (Phi) is 58.8. The van der Waals surface area contributed by atoms with E-state index in [-0.39, 0.29) is 31.1 Å². The van der Waals surface area contributed by atoms with Crippen molar-refractivity contribution in [3.8, 4) is 0 Å². The molecule has 0 aromatic carbocycles. The summed E-state index contributed by atoms with van der Waals surface area (Å²) in [5.74, 6) is -0.899. The highest BCUT2D eigenvalue weighted by Gasteiger charge is 2.19. The van der Waals surface area contributed by atoms with Crippen molar-refractivity contribution in [3.05, 3.63) is 97.2 Å². The molecular formula is C68H116O6. The van der Waals surface area contributed by atoms with Gasteiger partial charge in [0.2, 0.25) is 0 Å². The molecule has 6 heteroatoms. The Morgan fingerprint density at radius 1 is 0.284 bits per heavy atom. The largest absolute Gasteiger partial charge is 0.462 e. The minimum atomic E-state index is -0.790.